The number of hydrogen-bond donors (Lipinski definition) is 2. The van der Waals surface area contributed by atoms with Gasteiger partial charge in [-0.3, -0.25) is 0 Å². The molecule has 0 saturated carbocycles. The molecular formula is C13H18N2O2S. The Bertz CT molecular complexity index is 657. The third-order valence-corrected chi connectivity index (χ3v) is 5.20. The Kier molecular flexibility index (Phi) is 3.45. The topological polar surface area (TPSA) is 75.9 Å². The van der Waals surface area contributed by atoms with Crippen molar-refractivity contribution in [1.29, 1.82) is 0 Å². The zero-order chi connectivity index (χ0) is 13.3. The van der Waals surface area contributed by atoms with Crippen LogP contribution in [0.1, 0.15) is 25.1 Å². The summed E-state index contributed by atoms with van der Waals surface area (Å²) in [5.74, 6) is 0.0529. The molecule has 98 valence electrons. The lowest BCUT2D eigenvalue weighted by molar-refractivity contribution is 0.586. The van der Waals surface area contributed by atoms with Gasteiger partial charge in [-0.25, -0.2) is 8.42 Å². The standard InChI is InChI=1S/C13H18N2O2S/c1-9(2)18(16,17)8-12-6-11-5-10(7-14)3-4-13(11)15-12/h3-6,9,15H,7-8,14H2,1-2H3. The number of aromatic amines is 1. The van der Waals surface area contributed by atoms with E-state index in [0.717, 1.165) is 22.2 Å². The summed E-state index contributed by atoms with van der Waals surface area (Å²) in [5, 5.41) is 0.649. The van der Waals surface area contributed by atoms with Crippen LogP contribution < -0.4 is 5.73 Å². The average molecular weight is 266 g/mol. The van der Waals surface area contributed by atoms with E-state index in [0.29, 0.717) is 6.54 Å². The lowest BCUT2D eigenvalue weighted by Gasteiger charge is -2.05. The second-order valence-electron chi connectivity index (χ2n) is 4.78. The first-order chi connectivity index (χ1) is 8.42. The number of benzene rings is 1. The molecule has 1 heterocycles. The van der Waals surface area contributed by atoms with Gasteiger partial charge in [-0.2, -0.15) is 0 Å². The first-order valence-corrected chi connectivity index (χ1v) is 7.66. The highest BCUT2D eigenvalue weighted by Gasteiger charge is 2.17. The highest BCUT2D eigenvalue weighted by molar-refractivity contribution is 7.91. The van der Waals surface area contributed by atoms with Gasteiger partial charge in [-0.15, -0.1) is 0 Å². The highest BCUT2D eigenvalue weighted by Crippen LogP contribution is 2.19. The number of sulfone groups is 1. The van der Waals surface area contributed by atoms with E-state index in [1.165, 1.54) is 0 Å². The molecule has 1 aromatic heterocycles. The van der Waals surface area contributed by atoms with Gasteiger partial charge < -0.3 is 10.7 Å². The van der Waals surface area contributed by atoms with Crippen molar-refractivity contribution in [3.8, 4) is 0 Å². The molecule has 0 saturated heterocycles. The van der Waals surface area contributed by atoms with Crippen LogP contribution >= 0.6 is 0 Å². The summed E-state index contributed by atoms with van der Waals surface area (Å²) < 4.78 is 23.7. The predicted octanol–water partition coefficient (Wildman–Crippen LogP) is 1.95. The first kappa shape index (κ1) is 13.1. The van der Waals surface area contributed by atoms with Crippen LogP contribution in [0.2, 0.25) is 0 Å². The SMILES string of the molecule is CC(C)S(=O)(=O)Cc1cc2cc(CN)ccc2[nH]1. The third-order valence-electron chi connectivity index (χ3n) is 3.05. The summed E-state index contributed by atoms with van der Waals surface area (Å²) in [4.78, 5) is 3.14. The molecule has 18 heavy (non-hydrogen) atoms. The Balaban J connectivity index is 2.36. The van der Waals surface area contributed by atoms with E-state index < -0.39 is 9.84 Å². The predicted molar refractivity (Wildman–Crippen MR) is 73.9 cm³/mol. The van der Waals surface area contributed by atoms with Crippen LogP contribution in [0, 0.1) is 0 Å². The summed E-state index contributed by atoms with van der Waals surface area (Å²) in [7, 11) is -3.07. The normalized spacial score (nSPS) is 12.4. The molecule has 2 aromatic rings. The molecular weight excluding hydrogens is 248 g/mol. The number of nitrogens with one attached hydrogen (secondary N) is 1. The fourth-order valence-corrected chi connectivity index (χ4v) is 2.75. The van der Waals surface area contributed by atoms with Crippen LogP contribution in [0.15, 0.2) is 24.3 Å². The van der Waals surface area contributed by atoms with Gasteiger partial charge in [0.15, 0.2) is 9.84 Å². The molecule has 1 aromatic carbocycles. The van der Waals surface area contributed by atoms with Gasteiger partial charge >= 0.3 is 0 Å². The van der Waals surface area contributed by atoms with Gasteiger partial charge in [0.1, 0.15) is 0 Å². The van der Waals surface area contributed by atoms with Gasteiger partial charge in [0.2, 0.25) is 0 Å². The Morgan fingerprint density at radius 2 is 2.00 bits per heavy atom. The quantitative estimate of drug-likeness (QED) is 0.888. The summed E-state index contributed by atoms with van der Waals surface area (Å²) >= 11 is 0. The Labute approximate surface area is 107 Å². The Morgan fingerprint density at radius 1 is 1.28 bits per heavy atom. The van der Waals surface area contributed by atoms with Crippen LogP contribution in [0.3, 0.4) is 0 Å². The molecule has 0 aliphatic heterocycles. The fourth-order valence-electron chi connectivity index (χ4n) is 1.83. The maximum atomic E-state index is 11.9. The van der Waals surface area contributed by atoms with E-state index in [4.69, 9.17) is 5.73 Å². The van der Waals surface area contributed by atoms with Crippen molar-refractivity contribution >= 4 is 20.7 Å². The van der Waals surface area contributed by atoms with Gasteiger partial charge in [-0.1, -0.05) is 6.07 Å². The van der Waals surface area contributed by atoms with Crippen LogP contribution in [0.5, 0.6) is 0 Å². The van der Waals surface area contributed by atoms with Crippen LogP contribution in [-0.2, 0) is 22.1 Å². The summed E-state index contributed by atoms with van der Waals surface area (Å²) in [5.41, 5.74) is 8.30. The van der Waals surface area contributed by atoms with Crippen molar-refractivity contribution in [3.63, 3.8) is 0 Å². The summed E-state index contributed by atoms with van der Waals surface area (Å²) in [6.07, 6.45) is 0. The van der Waals surface area contributed by atoms with E-state index in [-0.39, 0.29) is 11.0 Å². The highest BCUT2D eigenvalue weighted by atomic mass is 32.2. The van der Waals surface area contributed by atoms with E-state index >= 15 is 0 Å². The lowest BCUT2D eigenvalue weighted by atomic mass is 10.1. The minimum absolute atomic E-state index is 0.0529. The second-order valence-corrected chi connectivity index (χ2v) is 7.33. The van der Waals surface area contributed by atoms with E-state index in [9.17, 15) is 8.42 Å². The van der Waals surface area contributed by atoms with Gasteiger partial charge in [0.25, 0.3) is 0 Å². The molecule has 4 nitrogen and oxygen atoms in total. The van der Waals surface area contributed by atoms with Crippen molar-refractivity contribution in [1.82, 2.24) is 4.98 Å². The molecule has 0 aliphatic rings. The summed E-state index contributed by atoms with van der Waals surface area (Å²) in [6, 6.07) is 7.74. The summed E-state index contributed by atoms with van der Waals surface area (Å²) in [6.45, 7) is 3.88. The minimum atomic E-state index is -3.07. The van der Waals surface area contributed by atoms with Gasteiger partial charge in [0, 0.05) is 17.8 Å². The monoisotopic (exact) mass is 266 g/mol. The van der Waals surface area contributed by atoms with Crippen LogP contribution in [-0.4, -0.2) is 18.7 Å². The molecule has 0 radical (unpaired) electrons. The first-order valence-electron chi connectivity index (χ1n) is 5.94. The number of nitrogens with two attached hydrogens (primary N) is 1. The Hall–Kier alpha value is -1.33. The van der Waals surface area contributed by atoms with E-state index in [1.54, 1.807) is 13.8 Å². The van der Waals surface area contributed by atoms with Crippen molar-refractivity contribution in [2.75, 3.05) is 0 Å². The molecule has 3 N–H and O–H groups in total. The minimum Gasteiger partial charge on any atom is -0.358 e. The van der Waals surface area contributed by atoms with Crippen molar-refractivity contribution < 1.29 is 8.42 Å². The number of rotatable bonds is 4. The number of hydrogen-bond acceptors (Lipinski definition) is 3. The Morgan fingerprint density at radius 3 is 2.61 bits per heavy atom. The molecule has 0 amide bonds. The van der Waals surface area contributed by atoms with E-state index in [1.807, 2.05) is 24.3 Å². The van der Waals surface area contributed by atoms with Crippen molar-refractivity contribution in [2.45, 2.75) is 31.4 Å². The number of H-pyrrole nitrogens is 1. The van der Waals surface area contributed by atoms with Crippen molar-refractivity contribution in [3.05, 3.63) is 35.5 Å². The number of fused-ring (bicyclic) bond motifs is 1. The molecule has 0 spiro atoms. The zero-order valence-electron chi connectivity index (χ0n) is 10.6. The molecule has 2 rings (SSSR count). The van der Waals surface area contributed by atoms with Crippen LogP contribution in [0.4, 0.5) is 0 Å². The van der Waals surface area contributed by atoms with Gasteiger partial charge in [-0.05, 0) is 43.0 Å². The second kappa shape index (κ2) is 4.74. The largest absolute Gasteiger partial charge is 0.358 e. The lowest BCUT2D eigenvalue weighted by Crippen LogP contribution is -2.16. The zero-order valence-corrected chi connectivity index (χ0v) is 11.4. The maximum absolute atomic E-state index is 11.9. The fraction of sp³-hybridized carbons (Fsp3) is 0.385. The molecule has 0 aliphatic carbocycles. The molecule has 0 fully saturated rings. The van der Waals surface area contributed by atoms with E-state index in [2.05, 4.69) is 4.98 Å². The maximum Gasteiger partial charge on any atom is 0.158 e. The molecule has 0 unspecified atom stereocenters. The van der Waals surface area contributed by atoms with Crippen LogP contribution in [0.25, 0.3) is 10.9 Å². The number of aromatic nitrogens is 1. The molecule has 5 heteroatoms. The molecule has 0 bridgehead atoms. The average Bonchev–Trinajstić information content (AvgIpc) is 2.68. The van der Waals surface area contributed by atoms with Crippen molar-refractivity contribution in [2.24, 2.45) is 5.73 Å². The smallest absolute Gasteiger partial charge is 0.158 e. The molecule has 0 atom stereocenters. The van der Waals surface area contributed by atoms with Gasteiger partial charge in [0.05, 0.1) is 11.0 Å². The third kappa shape index (κ3) is 2.57.